The molecule has 0 radical (unpaired) electrons. The second kappa shape index (κ2) is 10.0. The summed E-state index contributed by atoms with van der Waals surface area (Å²) in [5.74, 6) is 1.69. The fraction of sp³-hybridized carbons (Fsp3) is 0.333. The molecule has 9 nitrogen and oxygen atoms in total. The van der Waals surface area contributed by atoms with Gasteiger partial charge in [0.1, 0.15) is 23.3 Å². The molecule has 0 spiro atoms. The maximum Gasteiger partial charge on any atom is 0.231 e. The van der Waals surface area contributed by atoms with Crippen LogP contribution in [0.3, 0.4) is 0 Å². The molecule has 0 unspecified atom stereocenters. The molecule has 1 aromatic carbocycles. The smallest absolute Gasteiger partial charge is 0.231 e. The van der Waals surface area contributed by atoms with Crippen molar-refractivity contribution in [3.05, 3.63) is 47.8 Å². The van der Waals surface area contributed by atoms with Gasteiger partial charge in [0.15, 0.2) is 0 Å². The Morgan fingerprint density at radius 3 is 2.82 bits per heavy atom. The van der Waals surface area contributed by atoms with Gasteiger partial charge in [-0.2, -0.15) is 15.2 Å². The Bertz CT molecular complexity index is 1230. The summed E-state index contributed by atoms with van der Waals surface area (Å²) >= 11 is 0. The fourth-order valence-corrected chi connectivity index (χ4v) is 4.19. The molecular formula is C24H28N8O. The molecule has 9 heteroatoms. The number of nitriles is 1. The van der Waals surface area contributed by atoms with Crippen LogP contribution >= 0.6 is 0 Å². The summed E-state index contributed by atoms with van der Waals surface area (Å²) in [6.45, 7) is 0. The molecule has 1 fully saturated rings. The number of nitrogens with zero attached hydrogens (tertiary/aromatic N) is 4. The topological polar surface area (TPSA) is 137 Å². The monoisotopic (exact) mass is 444 g/mol. The summed E-state index contributed by atoms with van der Waals surface area (Å²) in [7, 11) is 3.32. The number of methoxy groups -OCH3 is 1. The second-order valence-electron chi connectivity index (χ2n) is 7.92. The van der Waals surface area contributed by atoms with Crippen LogP contribution in [-0.2, 0) is 0 Å². The van der Waals surface area contributed by atoms with Gasteiger partial charge in [-0.05, 0) is 37.3 Å². The third kappa shape index (κ3) is 4.75. The third-order valence-corrected chi connectivity index (χ3v) is 5.84. The Balaban J connectivity index is 1.69. The lowest BCUT2D eigenvalue weighted by Crippen LogP contribution is -2.23. The first-order chi connectivity index (χ1) is 16.2. The van der Waals surface area contributed by atoms with Crippen molar-refractivity contribution in [3.8, 4) is 11.8 Å². The van der Waals surface area contributed by atoms with E-state index in [9.17, 15) is 5.26 Å². The predicted octanol–water partition coefficient (Wildman–Crippen LogP) is 4.22. The van der Waals surface area contributed by atoms with E-state index in [-0.39, 0.29) is 0 Å². The maximum atomic E-state index is 9.55. The number of anilines is 3. The molecule has 2 aromatic heterocycles. The molecule has 0 aliphatic heterocycles. The van der Waals surface area contributed by atoms with Crippen LogP contribution in [0.5, 0.6) is 5.75 Å². The van der Waals surface area contributed by atoms with Crippen molar-refractivity contribution < 1.29 is 4.74 Å². The van der Waals surface area contributed by atoms with Gasteiger partial charge in [-0.1, -0.05) is 25.3 Å². The number of aromatic nitrogens is 3. The Morgan fingerprint density at radius 1 is 1.30 bits per heavy atom. The molecule has 0 atom stereocenters. The average Bonchev–Trinajstić information content (AvgIpc) is 3.27. The Morgan fingerprint density at radius 2 is 2.12 bits per heavy atom. The Hall–Kier alpha value is -4.06. The van der Waals surface area contributed by atoms with E-state index in [1.165, 1.54) is 25.5 Å². The summed E-state index contributed by atoms with van der Waals surface area (Å²) in [5.41, 5.74) is 8.99. The summed E-state index contributed by atoms with van der Waals surface area (Å²) in [6.07, 6.45) is 10.7. The highest BCUT2D eigenvalue weighted by molar-refractivity contribution is 6.09. The van der Waals surface area contributed by atoms with E-state index >= 15 is 0 Å². The Kier molecular flexibility index (Phi) is 6.74. The lowest BCUT2D eigenvalue weighted by molar-refractivity contribution is 0.416. The molecule has 2 heterocycles. The highest BCUT2D eigenvalue weighted by atomic mass is 16.5. The van der Waals surface area contributed by atoms with Crippen LogP contribution in [0.2, 0.25) is 0 Å². The number of fused-ring (bicyclic) bond motifs is 1. The zero-order valence-electron chi connectivity index (χ0n) is 18.9. The molecule has 5 N–H and O–H groups in total. The summed E-state index contributed by atoms with van der Waals surface area (Å²) in [5, 5.41) is 17.1. The normalized spacial score (nSPS) is 15.0. The highest BCUT2D eigenvalue weighted by Crippen LogP contribution is 2.32. The number of hydrogen-bond donors (Lipinski definition) is 4. The Labute approximate surface area is 192 Å². The first-order valence-corrected chi connectivity index (χ1v) is 11.0. The number of aromatic amines is 1. The summed E-state index contributed by atoms with van der Waals surface area (Å²) in [4.78, 5) is 16.7. The SMILES string of the molecule is CN=C(C=CN)c1ccc(Nc2nc(NC3CCCCC3)c3c(C#N)c[nH]c3n2)c(OC)c1. The molecule has 170 valence electrons. The number of benzene rings is 1. The van der Waals surface area contributed by atoms with E-state index in [4.69, 9.17) is 15.5 Å². The number of rotatable bonds is 7. The molecule has 3 aromatic rings. The van der Waals surface area contributed by atoms with E-state index in [0.717, 1.165) is 24.1 Å². The zero-order chi connectivity index (χ0) is 23.2. The minimum atomic E-state index is 0.335. The first-order valence-electron chi connectivity index (χ1n) is 11.0. The molecule has 33 heavy (non-hydrogen) atoms. The standard InChI is InChI=1S/C24H28N8O/c1-27-18(10-11-25)15-8-9-19(20(12-15)33-2)30-24-31-22-21(16(13-26)14-28-22)23(32-24)29-17-6-4-3-5-7-17/h8-12,14,17H,3-7,25H2,1-2H3,(H3,28,29,30,31,32). The quantitative estimate of drug-likeness (QED) is 0.400. The van der Waals surface area contributed by atoms with E-state index < -0.39 is 0 Å². The van der Waals surface area contributed by atoms with Gasteiger partial charge in [-0.15, -0.1) is 0 Å². The van der Waals surface area contributed by atoms with Gasteiger partial charge in [0, 0.05) is 24.8 Å². The van der Waals surface area contributed by atoms with E-state index in [0.29, 0.717) is 45.8 Å². The number of nitrogens with one attached hydrogen (secondary N) is 3. The van der Waals surface area contributed by atoms with Crippen molar-refractivity contribution >= 4 is 34.2 Å². The lowest BCUT2D eigenvalue weighted by Gasteiger charge is -2.24. The van der Waals surface area contributed by atoms with Crippen molar-refractivity contribution in [1.29, 1.82) is 5.26 Å². The average molecular weight is 445 g/mol. The highest BCUT2D eigenvalue weighted by Gasteiger charge is 2.19. The molecule has 4 rings (SSSR count). The van der Waals surface area contributed by atoms with Crippen molar-refractivity contribution in [2.75, 3.05) is 24.8 Å². The number of ether oxygens (including phenoxy) is 1. The number of nitrogens with two attached hydrogens (primary N) is 1. The molecule has 1 aliphatic rings. The van der Waals surface area contributed by atoms with Crippen LogP contribution in [0.25, 0.3) is 11.0 Å². The molecule has 0 amide bonds. The van der Waals surface area contributed by atoms with Gasteiger partial charge < -0.3 is 26.1 Å². The van der Waals surface area contributed by atoms with Crippen LogP contribution in [0, 0.1) is 11.3 Å². The molecule has 0 saturated heterocycles. The molecule has 1 aliphatic carbocycles. The van der Waals surface area contributed by atoms with E-state index in [1.54, 1.807) is 26.4 Å². The van der Waals surface area contributed by atoms with Gasteiger partial charge in [0.2, 0.25) is 5.95 Å². The summed E-state index contributed by atoms with van der Waals surface area (Å²) < 4.78 is 5.60. The minimum Gasteiger partial charge on any atom is -0.495 e. The van der Waals surface area contributed by atoms with Crippen LogP contribution in [0.15, 0.2) is 41.7 Å². The molecular weight excluding hydrogens is 416 g/mol. The number of allylic oxidation sites excluding steroid dienone is 1. The fourth-order valence-electron chi connectivity index (χ4n) is 4.19. The van der Waals surface area contributed by atoms with Gasteiger partial charge in [-0.3, -0.25) is 4.99 Å². The van der Waals surface area contributed by atoms with Crippen molar-refractivity contribution in [2.24, 2.45) is 10.7 Å². The van der Waals surface area contributed by atoms with Crippen molar-refractivity contribution in [1.82, 2.24) is 15.0 Å². The maximum absolute atomic E-state index is 9.55. The van der Waals surface area contributed by atoms with Gasteiger partial charge in [0.05, 0.1) is 29.5 Å². The van der Waals surface area contributed by atoms with Gasteiger partial charge in [0.25, 0.3) is 0 Å². The molecule has 1 saturated carbocycles. The van der Waals surface area contributed by atoms with Crippen LogP contribution < -0.4 is 21.1 Å². The van der Waals surface area contributed by atoms with Crippen LogP contribution in [0.4, 0.5) is 17.5 Å². The second-order valence-corrected chi connectivity index (χ2v) is 7.92. The van der Waals surface area contributed by atoms with Gasteiger partial charge in [-0.25, -0.2) is 0 Å². The summed E-state index contributed by atoms with van der Waals surface area (Å²) in [6, 6.07) is 8.26. The van der Waals surface area contributed by atoms with Crippen LogP contribution in [0.1, 0.15) is 43.2 Å². The number of H-pyrrole nitrogens is 1. The van der Waals surface area contributed by atoms with E-state index in [2.05, 4.69) is 31.7 Å². The van der Waals surface area contributed by atoms with Crippen molar-refractivity contribution in [2.45, 2.75) is 38.1 Å². The van der Waals surface area contributed by atoms with Gasteiger partial charge >= 0.3 is 0 Å². The number of hydrogen-bond acceptors (Lipinski definition) is 8. The van der Waals surface area contributed by atoms with Crippen molar-refractivity contribution in [3.63, 3.8) is 0 Å². The first kappa shape index (κ1) is 22.1. The van der Waals surface area contributed by atoms with E-state index in [1.807, 2.05) is 18.2 Å². The lowest BCUT2D eigenvalue weighted by atomic mass is 9.95. The zero-order valence-corrected chi connectivity index (χ0v) is 18.9. The third-order valence-electron chi connectivity index (χ3n) is 5.84. The number of aliphatic imine (C=N–C) groups is 1. The van der Waals surface area contributed by atoms with Crippen LogP contribution in [-0.4, -0.2) is 40.9 Å². The predicted molar refractivity (Wildman–Crippen MR) is 131 cm³/mol. The largest absolute Gasteiger partial charge is 0.495 e. The molecule has 0 bridgehead atoms. The minimum absolute atomic E-state index is 0.335.